The second kappa shape index (κ2) is 6.48. The zero-order valence-corrected chi connectivity index (χ0v) is 10.7. The number of rotatable bonds is 6. The summed E-state index contributed by atoms with van der Waals surface area (Å²) in [4.78, 5) is 4.02. The van der Waals surface area contributed by atoms with E-state index in [1.165, 1.54) is 0 Å². The summed E-state index contributed by atoms with van der Waals surface area (Å²) < 4.78 is 16.2. The van der Waals surface area contributed by atoms with Crippen LogP contribution < -0.4 is 10.1 Å². The van der Waals surface area contributed by atoms with Crippen LogP contribution in [0.4, 0.5) is 5.69 Å². The van der Waals surface area contributed by atoms with Gasteiger partial charge in [-0.15, -0.1) is 0 Å². The maximum atomic E-state index is 11.1. The third-order valence-corrected chi connectivity index (χ3v) is 3.76. The Balaban J connectivity index is 2.39. The average molecular weight is 242 g/mol. The van der Waals surface area contributed by atoms with Crippen LogP contribution in [0, 0.1) is 0 Å². The average Bonchev–Trinajstić information content (AvgIpc) is 2.29. The molecule has 1 N–H and O–H groups in total. The van der Waals surface area contributed by atoms with Gasteiger partial charge in [0.1, 0.15) is 0 Å². The van der Waals surface area contributed by atoms with Gasteiger partial charge in [-0.1, -0.05) is 6.92 Å². The molecule has 0 saturated heterocycles. The molecule has 1 aromatic heterocycles. The fraction of sp³-hybridized carbons (Fsp3) is 0.545. The first-order chi connectivity index (χ1) is 7.63. The molecule has 0 aliphatic rings. The third-order valence-electron chi connectivity index (χ3n) is 2.39. The van der Waals surface area contributed by atoms with E-state index in [1.54, 1.807) is 19.6 Å². The first-order valence-corrected chi connectivity index (χ1v) is 6.81. The van der Waals surface area contributed by atoms with Gasteiger partial charge in [0.25, 0.3) is 0 Å². The molecule has 0 spiro atoms. The molecule has 1 aromatic rings. The highest BCUT2D eigenvalue weighted by Gasteiger charge is 2.05. The van der Waals surface area contributed by atoms with Crippen molar-refractivity contribution in [1.82, 2.24) is 4.98 Å². The number of hydrogen-bond acceptors (Lipinski definition) is 4. The van der Waals surface area contributed by atoms with E-state index < -0.39 is 10.8 Å². The first-order valence-electron chi connectivity index (χ1n) is 5.19. The van der Waals surface area contributed by atoms with E-state index in [9.17, 15) is 4.21 Å². The fourth-order valence-corrected chi connectivity index (χ4v) is 1.67. The van der Waals surface area contributed by atoms with Crippen molar-refractivity contribution in [2.75, 3.05) is 25.2 Å². The molecule has 0 amide bonds. The van der Waals surface area contributed by atoms with Crippen molar-refractivity contribution in [3.8, 4) is 5.88 Å². The SMILES string of the molecule is COc1cc(NCCC(C)S(C)=O)ccn1. The highest BCUT2D eigenvalue weighted by atomic mass is 32.2. The molecule has 0 bridgehead atoms. The number of anilines is 1. The summed E-state index contributed by atoms with van der Waals surface area (Å²) in [6.07, 6.45) is 4.32. The largest absolute Gasteiger partial charge is 0.481 e. The second-order valence-corrected chi connectivity index (χ2v) is 5.41. The summed E-state index contributed by atoms with van der Waals surface area (Å²) in [6.45, 7) is 2.79. The van der Waals surface area contributed by atoms with Crippen LogP contribution >= 0.6 is 0 Å². The van der Waals surface area contributed by atoms with Crippen molar-refractivity contribution in [2.24, 2.45) is 0 Å². The van der Waals surface area contributed by atoms with Gasteiger partial charge in [0.15, 0.2) is 0 Å². The molecule has 0 aromatic carbocycles. The maximum Gasteiger partial charge on any atom is 0.214 e. The molecule has 16 heavy (non-hydrogen) atoms. The van der Waals surface area contributed by atoms with Crippen LogP contribution in [0.15, 0.2) is 18.3 Å². The van der Waals surface area contributed by atoms with Gasteiger partial charge in [-0.3, -0.25) is 4.21 Å². The maximum absolute atomic E-state index is 11.1. The summed E-state index contributed by atoms with van der Waals surface area (Å²) in [7, 11) is 0.840. The van der Waals surface area contributed by atoms with E-state index in [-0.39, 0.29) is 5.25 Å². The van der Waals surface area contributed by atoms with Crippen LogP contribution in [0.25, 0.3) is 0 Å². The van der Waals surface area contributed by atoms with E-state index in [0.29, 0.717) is 5.88 Å². The Kier molecular flexibility index (Phi) is 5.25. The van der Waals surface area contributed by atoms with Gasteiger partial charge in [-0.25, -0.2) is 4.98 Å². The molecular weight excluding hydrogens is 224 g/mol. The van der Waals surface area contributed by atoms with Crippen molar-refractivity contribution in [3.63, 3.8) is 0 Å². The predicted octanol–water partition coefficient (Wildman–Crippen LogP) is 1.66. The molecule has 5 heteroatoms. The normalized spacial score (nSPS) is 14.2. The molecule has 0 fully saturated rings. The topological polar surface area (TPSA) is 51.2 Å². The van der Waals surface area contributed by atoms with Gasteiger partial charge >= 0.3 is 0 Å². The van der Waals surface area contributed by atoms with Crippen LogP contribution in [0.5, 0.6) is 5.88 Å². The molecular formula is C11H18N2O2S. The fourth-order valence-electron chi connectivity index (χ4n) is 1.22. The minimum absolute atomic E-state index is 0.219. The lowest BCUT2D eigenvalue weighted by molar-refractivity contribution is 0.398. The standard InChI is InChI=1S/C11H18N2O2S/c1-9(16(3)14)4-6-12-10-5-7-13-11(8-10)15-2/h5,7-9H,4,6H2,1-3H3,(H,12,13). The van der Waals surface area contributed by atoms with Crippen LogP contribution in [-0.4, -0.2) is 34.4 Å². The Morgan fingerprint density at radius 2 is 2.38 bits per heavy atom. The number of aromatic nitrogens is 1. The van der Waals surface area contributed by atoms with Crippen LogP contribution in [0.3, 0.4) is 0 Å². The highest BCUT2D eigenvalue weighted by molar-refractivity contribution is 7.84. The van der Waals surface area contributed by atoms with Crippen LogP contribution in [-0.2, 0) is 10.8 Å². The molecule has 1 rings (SSSR count). The highest BCUT2D eigenvalue weighted by Crippen LogP contribution is 2.13. The quantitative estimate of drug-likeness (QED) is 0.824. The van der Waals surface area contributed by atoms with Crippen molar-refractivity contribution in [1.29, 1.82) is 0 Å². The van der Waals surface area contributed by atoms with Gasteiger partial charge in [-0.05, 0) is 12.5 Å². The van der Waals surface area contributed by atoms with Gasteiger partial charge in [0, 0.05) is 46.8 Å². The Morgan fingerprint density at radius 1 is 1.62 bits per heavy atom. The summed E-state index contributed by atoms with van der Waals surface area (Å²) in [5.41, 5.74) is 0.973. The molecule has 0 aliphatic heterocycles. The summed E-state index contributed by atoms with van der Waals surface area (Å²) >= 11 is 0. The van der Waals surface area contributed by atoms with Crippen molar-refractivity contribution >= 4 is 16.5 Å². The molecule has 90 valence electrons. The van der Waals surface area contributed by atoms with Crippen molar-refractivity contribution in [2.45, 2.75) is 18.6 Å². The smallest absolute Gasteiger partial charge is 0.214 e. The van der Waals surface area contributed by atoms with Gasteiger partial charge in [-0.2, -0.15) is 0 Å². The van der Waals surface area contributed by atoms with E-state index >= 15 is 0 Å². The molecule has 0 saturated carbocycles. The zero-order valence-electron chi connectivity index (χ0n) is 9.90. The number of nitrogens with one attached hydrogen (secondary N) is 1. The number of nitrogens with zero attached hydrogens (tertiary/aromatic N) is 1. The molecule has 2 atom stereocenters. The zero-order chi connectivity index (χ0) is 12.0. The Morgan fingerprint density at radius 3 is 3.00 bits per heavy atom. The Bertz CT molecular complexity index is 358. The summed E-state index contributed by atoms with van der Waals surface area (Å²) in [5, 5.41) is 3.47. The van der Waals surface area contributed by atoms with Gasteiger partial charge in [0.05, 0.1) is 7.11 Å². The number of pyridine rings is 1. The van der Waals surface area contributed by atoms with Gasteiger partial charge in [0.2, 0.25) is 5.88 Å². The molecule has 0 radical (unpaired) electrons. The van der Waals surface area contributed by atoms with E-state index in [4.69, 9.17) is 4.74 Å². The lowest BCUT2D eigenvalue weighted by atomic mass is 10.3. The van der Waals surface area contributed by atoms with Gasteiger partial charge < -0.3 is 10.1 Å². The summed E-state index contributed by atoms with van der Waals surface area (Å²) in [6, 6.07) is 3.73. The number of ether oxygens (including phenoxy) is 1. The third kappa shape index (κ3) is 4.18. The monoisotopic (exact) mass is 242 g/mol. The van der Waals surface area contributed by atoms with Crippen LogP contribution in [0.1, 0.15) is 13.3 Å². The number of hydrogen-bond donors (Lipinski definition) is 1. The first kappa shape index (κ1) is 13.0. The lowest BCUT2D eigenvalue weighted by Crippen LogP contribution is -2.14. The van der Waals surface area contributed by atoms with E-state index in [1.807, 2.05) is 19.1 Å². The van der Waals surface area contributed by atoms with Crippen molar-refractivity contribution in [3.05, 3.63) is 18.3 Å². The van der Waals surface area contributed by atoms with E-state index in [0.717, 1.165) is 18.7 Å². The Labute approximate surface area is 98.9 Å². The molecule has 2 unspecified atom stereocenters. The molecule has 0 aliphatic carbocycles. The summed E-state index contributed by atoms with van der Waals surface area (Å²) in [5.74, 6) is 0.595. The minimum atomic E-state index is -0.751. The Hall–Kier alpha value is -1.10. The predicted molar refractivity (Wildman–Crippen MR) is 67.4 cm³/mol. The minimum Gasteiger partial charge on any atom is -0.481 e. The lowest BCUT2D eigenvalue weighted by Gasteiger charge is -2.10. The van der Waals surface area contributed by atoms with Crippen molar-refractivity contribution < 1.29 is 8.95 Å². The van der Waals surface area contributed by atoms with Crippen LogP contribution in [0.2, 0.25) is 0 Å². The molecule has 4 nitrogen and oxygen atoms in total. The van der Waals surface area contributed by atoms with E-state index in [2.05, 4.69) is 10.3 Å². The second-order valence-electron chi connectivity index (χ2n) is 3.61. The molecule has 1 heterocycles. The number of methoxy groups -OCH3 is 1.